The summed E-state index contributed by atoms with van der Waals surface area (Å²) in [5, 5.41) is 0. The number of hydrogen-bond acceptors (Lipinski definition) is 2. The van der Waals surface area contributed by atoms with E-state index in [9.17, 15) is 0 Å². The summed E-state index contributed by atoms with van der Waals surface area (Å²) >= 11 is 0. The summed E-state index contributed by atoms with van der Waals surface area (Å²) in [5.41, 5.74) is 11.7. The Morgan fingerprint density at radius 3 is 2.21 bits per heavy atom. The maximum absolute atomic E-state index is 6.20. The second kappa shape index (κ2) is 8.25. The number of rotatable bonds is 8. The van der Waals surface area contributed by atoms with E-state index in [0.29, 0.717) is 12.0 Å². The predicted octanol–water partition coefficient (Wildman–Crippen LogP) is 2.52. The lowest BCUT2D eigenvalue weighted by Gasteiger charge is -2.24. The molecule has 0 bridgehead atoms. The van der Waals surface area contributed by atoms with Gasteiger partial charge in [0.15, 0.2) is 0 Å². The first-order chi connectivity index (χ1) is 6.65. The zero-order chi connectivity index (χ0) is 11.0. The molecule has 0 aromatic rings. The van der Waals surface area contributed by atoms with Crippen LogP contribution in [-0.2, 0) is 0 Å². The fourth-order valence-electron chi connectivity index (χ4n) is 1.92. The van der Waals surface area contributed by atoms with Crippen molar-refractivity contribution in [3.63, 3.8) is 0 Å². The Bertz CT molecular complexity index is 125. The Kier molecular flexibility index (Phi) is 8.20. The van der Waals surface area contributed by atoms with Crippen molar-refractivity contribution in [1.82, 2.24) is 0 Å². The summed E-state index contributed by atoms with van der Waals surface area (Å²) in [6, 6.07) is 0.376. The molecule has 0 saturated heterocycles. The van der Waals surface area contributed by atoms with Gasteiger partial charge in [0.1, 0.15) is 0 Å². The van der Waals surface area contributed by atoms with Crippen molar-refractivity contribution in [1.29, 1.82) is 0 Å². The van der Waals surface area contributed by atoms with Gasteiger partial charge < -0.3 is 11.5 Å². The summed E-state index contributed by atoms with van der Waals surface area (Å²) in [7, 11) is 0. The Morgan fingerprint density at radius 2 is 1.79 bits per heavy atom. The van der Waals surface area contributed by atoms with Crippen molar-refractivity contribution in [3.05, 3.63) is 0 Å². The van der Waals surface area contributed by atoms with Crippen LogP contribution in [0.4, 0.5) is 0 Å². The van der Waals surface area contributed by atoms with Crippen molar-refractivity contribution in [2.45, 2.75) is 58.9 Å². The van der Waals surface area contributed by atoms with Gasteiger partial charge in [0.05, 0.1) is 0 Å². The minimum Gasteiger partial charge on any atom is -0.330 e. The van der Waals surface area contributed by atoms with Crippen molar-refractivity contribution in [2.24, 2.45) is 23.3 Å². The topological polar surface area (TPSA) is 52.0 Å². The molecule has 0 aromatic carbocycles. The van der Waals surface area contributed by atoms with Gasteiger partial charge in [-0.3, -0.25) is 0 Å². The lowest BCUT2D eigenvalue weighted by atomic mass is 9.86. The number of hydrogen-bond donors (Lipinski definition) is 2. The van der Waals surface area contributed by atoms with Crippen LogP contribution in [0.15, 0.2) is 0 Å². The van der Waals surface area contributed by atoms with Crippen LogP contribution in [0, 0.1) is 11.8 Å². The van der Waals surface area contributed by atoms with Crippen molar-refractivity contribution in [3.8, 4) is 0 Å². The van der Waals surface area contributed by atoms with Gasteiger partial charge in [-0.1, -0.05) is 33.6 Å². The van der Waals surface area contributed by atoms with Gasteiger partial charge in [0.25, 0.3) is 0 Å². The lowest BCUT2D eigenvalue weighted by Crippen LogP contribution is -2.32. The largest absolute Gasteiger partial charge is 0.330 e. The van der Waals surface area contributed by atoms with Crippen molar-refractivity contribution < 1.29 is 0 Å². The van der Waals surface area contributed by atoms with Gasteiger partial charge in [-0.25, -0.2) is 0 Å². The van der Waals surface area contributed by atoms with Crippen LogP contribution in [0.5, 0.6) is 0 Å². The highest BCUT2D eigenvalue weighted by Gasteiger charge is 2.17. The number of nitrogens with two attached hydrogens (primary N) is 2. The maximum Gasteiger partial charge on any atom is 0.00696 e. The Labute approximate surface area is 89.4 Å². The first kappa shape index (κ1) is 13.9. The fraction of sp³-hybridized carbons (Fsp3) is 1.00. The molecule has 0 aliphatic carbocycles. The van der Waals surface area contributed by atoms with E-state index in [1.165, 1.54) is 25.7 Å². The van der Waals surface area contributed by atoms with E-state index in [1.807, 2.05) is 0 Å². The van der Waals surface area contributed by atoms with E-state index in [4.69, 9.17) is 11.5 Å². The second-order valence-corrected chi connectivity index (χ2v) is 4.51. The first-order valence-electron chi connectivity index (χ1n) is 6.11. The van der Waals surface area contributed by atoms with Crippen LogP contribution < -0.4 is 11.5 Å². The Balaban J connectivity index is 3.83. The van der Waals surface area contributed by atoms with Gasteiger partial charge in [-0.05, 0) is 37.6 Å². The smallest absolute Gasteiger partial charge is 0.00696 e. The SMILES string of the molecule is CCC(C)CC(N)C(CC)CCCN. The summed E-state index contributed by atoms with van der Waals surface area (Å²) in [6.07, 6.45) is 5.91. The summed E-state index contributed by atoms with van der Waals surface area (Å²) in [4.78, 5) is 0. The monoisotopic (exact) mass is 200 g/mol. The molecule has 3 atom stereocenters. The molecular formula is C12H28N2. The van der Waals surface area contributed by atoms with Crippen LogP contribution in [0.3, 0.4) is 0 Å². The molecule has 0 radical (unpaired) electrons. The zero-order valence-corrected chi connectivity index (χ0v) is 10.1. The molecule has 0 saturated carbocycles. The van der Waals surface area contributed by atoms with E-state index >= 15 is 0 Å². The van der Waals surface area contributed by atoms with Gasteiger partial charge >= 0.3 is 0 Å². The van der Waals surface area contributed by atoms with E-state index < -0.39 is 0 Å². The van der Waals surface area contributed by atoms with Crippen LogP contribution in [0.25, 0.3) is 0 Å². The molecule has 0 fully saturated rings. The van der Waals surface area contributed by atoms with Crippen LogP contribution >= 0.6 is 0 Å². The average Bonchev–Trinajstić information content (AvgIpc) is 2.18. The summed E-state index contributed by atoms with van der Waals surface area (Å²) < 4.78 is 0. The van der Waals surface area contributed by atoms with Gasteiger partial charge in [-0.2, -0.15) is 0 Å². The zero-order valence-electron chi connectivity index (χ0n) is 10.1. The first-order valence-corrected chi connectivity index (χ1v) is 6.11. The standard InChI is InChI=1S/C12H28N2/c1-4-10(3)9-12(14)11(5-2)7-6-8-13/h10-12H,4-9,13-14H2,1-3H3. The van der Waals surface area contributed by atoms with Crippen LogP contribution in [0.1, 0.15) is 52.9 Å². The molecule has 0 amide bonds. The third-order valence-corrected chi connectivity index (χ3v) is 3.28. The van der Waals surface area contributed by atoms with Gasteiger partial charge in [0.2, 0.25) is 0 Å². The van der Waals surface area contributed by atoms with Crippen molar-refractivity contribution >= 4 is 0 Å². The van der Waals surface area contributed by atoms with E-state index in [2.05, 4.69) is 20.8 Å². The van der Waals surface area contributed by atoms with Crippen LogP contribution in [-0.4, -0.2) is 12.6 Å². The summed E-state index contributed by atoms with van der Waals surface area (Å²) in [5.74, 6) is 1.43. The Hall–Kier alpha value is -0.0800. The molecule has 4 N–H and O–H groups in total. The van der Waals surface area contributed by atoms with Gasteiger partial charge in [0, 0.05) is 6.04 Å². The molecule has 0 rings (SSSR count). The minimum absolute atomic E-state index is 0.376. The lowest BCUT2D eigenvalue weighted by molar-refractivity contribution is 0.319. The Morgan fingerprint density at radius 1 is 1.14 bits per heavy atom. The molecule has 0 spiro atoms. The highest BCUT2D eigenvalue weighted by atomic mass is 14.6. The molecule has 3 unspecified atom stereocenters. The molecule has 86 valence electrons. The molecule has 0 aliphatic heterocycles. The second-order valence-electron chi connectivity index (χ2n) is 4.51. The van der Waals surface area contributed by atoms with E-state index in [0.717, 1.165) is 18.9 Å². The summed E-state index contributed by atoms with van der Waals surface area (Å²) in [6.45, 7) is 7.55. The maximum atomic E-state index is 6.20. The minimum atomic E-state index is 0.376. The third-order valence-electron chi connectivity index (χ3n) is 3.28. The highest BCUT2D eigenvalue weighted by Crippen LogP contribution is 2.20. The fourth-order valence-corrected chi connectivity index (χ4v) is 1.92. The molecule has 14 heavy (non-hydrogen) atoms. The van der Waals surface area contributed by atoms with Crippen LogP contribution in [0.2, 0.25) is 0 Å². The third kappa shape index (κ3) is 5.61. The van der Waals surface area contributed by atoms with E-state index in [1.54, 1.807) is 0 Å². The molecule has 2 nitrogen and oxygen atoms in total. The molecule has 2 heteroatoms. The molecule has 0 aliphatic rings. The van der Waals surface area contributed by atoms with Crippen molar-refractivity contribution in [2.75, 3.05) is 6.54 Å². The molecule has 0 aromatic heterocycles. The molecular weight excluding hydrogens is 172 g/mol. The molecule has 0 heterocycles. The quantitative estimate of drug-likeness (QED) is 0.632. The van der Waals surface area contributed by atoms with E-state index in [-0.39, 0.29) is 0 Å². The highest BCUT2D eigenvalue weighted by molar-refractivity contribution is 4.74. The normalized spacial score (nSPS) is 17.8. The van der Waals surface area contributed by atoms with Gasteiger partial charge in [-0.15, -0.1) is 0 Å². The average molecular weight is 200 g/mol. The predicted molar refractivity (Wildman–Crippen MR) is 64.1 cm³/mol.